The van der Waals surface area contributed by atoms with E-state index in [4.69, 9.17) is 14.2 Å². The van der Waals surface area contributed by atoms with E-state index in [0.717, 1.165) is 64.2 Å². The van der Waals surface area contributed by atoms with E-state index in [0.29, 0.717) is 19.3 Å². The van der Waals surface area contributed by atoms with Crippen molar-refractivity contribution in [1.29, 1.82) is 0 Å². The van der Waals surface area contributed by atoms with Gasteiger partial charge in [0.05, 0.1) is 0 Å². The highest BCUT2D eigenvalue weighted by atomic mass is 16.6. The van der Waals surface area contributed by atoms with Crippen LogP contribution in [0.25, 0.3) is 0 Å². The van der Waals surface area contributed by atoms with Gasteiger partial charge in [-0.2, -0.15) is 0 Å². The van der Waals surface area contributed by atoms with E-state index in [2.05, 4.69) is 32.9 Å². The molecule has 0 rings (SSSR count). The maximum absolute atomic E-state index is 12.9. The molecule has 396 valence electrons. The maximum atomic E-state index is 12.9. The predicted octanol–water partition coefficient (Wildman–Crippen LogP) is 20.1. The van der Waals surface area contributed by atoms with Gasteiger partial charge in [0, 0.05) is 19.3 Å². The molecular weight excluding hydrogens is 829 g/mol. The van der Waals surface area contributed by atoms with E-state index in [9.17, 15) is 14.4 Å². The third-order valence-electron chi connectivity index (χ3n) is 13.8. The number of rotatable bonds is 56. The van der Waals surface area contributed by atoms with Gasteiger partial charge in [-0.3, -0.25) is 14.4 Å². The molecular formula is C61H116O6. The standard InChI is InChI=1S/C61H116O6/c1-4-7-10-13-16-19-22-25-27-29-31-33-36-39-42-45-48-51-54-60(63)66-57-58(56-65-59(62)53-50-47-44-41-38-35-24-21-18-15-12-9-6-3)67-61(64)55-52-49-46-43-40-37-34-32-30-28-26-23-20-17-14-11-8-5-2/h35,38,58H,4-34,36-37,39-57H2,1-3H3/b38-35-. The van der Waals surface area contributed by atoms with Crippen LogP contribution < -0.4 is 0 Å². The average molecular weight is 946 g/mol. The van der Waals surface area contributed by atoms with Crippen molar-refractivity contribution in [1.82, 2.24) is 0 Å². The molecule has 0 aliphatic rings. The van der Waals surface area contributed by atoms with Crippen LogP contribution in [-0.4, -0.2) is 37.2 Å². The van der Waals surface area contributed by atoms with E-state index < -0.39 is 6.10 Å². The summed E-state index contributed by atoms with van der Waals surface area (Å²) in [6.45, 7) is 6.69. The second-order valence-corrected chi connectivity index (χ2v) is 20.6. The van der Waals surface area contributed by atoms with Crippen LogP contribution in [0.15, 0.2) is 12.2 Å². The summed E-state index contributed by atoms with van der Waals surface area (Å²) in [5, 5.41) is 0. The first-order chi connectivity index (χ1) is 33.0. The molecule has 6 nitrogen and oxygen atoms in total. The third-order valence-corrected chi connectivity index (χ3v) is 13.8. The molecule has 0 heterocycles. The minimum atomic E-state index is -0.770. The molecule has 1 unspecified atom stereocenters. The minimum Gasteiger partial charge on any atom is -0.462 e. The summed E-state index contributed by atoms with van der Waals surface area (Å²) in [6.07, 6.45) is 64.9. The predicted molar refractivity (Wildman–Crippen MR) is 289 cm³/mol. The molecule has 67 heavy (non-hydrogen) atoms. The van der Waals surface area contributed by atoms with Crippen molar-refractivity contribution in [3.05, 3.63) is 12.2 Å². The van der Waals surface area contributed by atoms with Crippen molar-refractivity contribution in [2.45, 2.75) is 348 Å². The fourth-order valence-electron chi connectivity index (χ4n) is 9.21. The molecule has 6 heteroatoms. The van der Waals surface area contributed by atoms with Crippen LogP contribution in [0.5, 0.6) is 0 Å². The molecule has 0 saturated carbocycles. The SMILES string of the molecule is CCCCCCCC/C=C\CCCCCC(=O)OCC(COC(=O)CCCCCCCCCCCCCCCCCCCC)OC(=O)CCCCCCCCCCCCCCCCCCCC. The molecule has 0 aromatic rings. The number of esters is 3. The lowest BCUT2D eigenvalue weighted by atomic mass is 10.0. The Labute approximate surface area is 418 Å². The van der Waals surface area contributed by atoms with E-state index in [1.54, 1.807) is 0 Å². The van der Waals surface area contributed by atoms with Crippen molar-refractivity contribution < 1.29 is 28.6 Å². The number of carbonyl (C=O) groups excluding carboxylic acids is 3. The molecule has 0 spiro atoms. The third kappa shape index (κ3) is 55.0. The van der Waals surface area contributed by atoms with Crippen LogP contribution in [0, 0.1) is 0 Å². The molecule has 0 radical (unpaired) electrons. The zero-order valence-electron chi connectivity index (χ0n) is 45.5. The van der Waals surface area contributed by atoms with Crippen molar-refractivity contribution in [3.63, 3.8) is 0 Å². The van der Waals surface area contributed by atoms with Gasteiger partial charge >= 0.3 is 17.9 Å². The Kier molecular flexibility index (Phi) is 55.2. The molecule has 0 bridgehead atoms. The summed E-state index contributed by atoms with van der Waals surface area (Å²) in [4.78, 5) is 38.2. The monoisotopic (exact) mass is 945 g/mol. The lowest BCUT2D eigenvalue weighted by molar-refractivity contribution is -0.167. The Balaban J connectivity index is 4.29. The topological polar surface area (TPSA) is 78.9 Å². The molecule has 0 saturated heterocycles. The van der Waals surface area contributed by atoms with E-state index >= 15 is 0 Å². The number of allylic oxidation sites excluding steroid dienone is 2. The van der Waals surface area contributed by atoms with Gasteiger partial charge in [-0.05, 0) is 44.9 Å². The van der Waals surface area contributed by atoms with Gasteiger partial charge in [-0.15, -0.1) is 0 Å². The number of carbonyl (C=O) groups is 3. The Bertz CT molecular complexity index is 1040. The van der Waals surface area contributed by atoms with E-state index in [1.165, 1.54) is 238 Å². The Morgan fingerprint density at radius 3 is 0.761 bits per heavy atom. The largest absolute Gasteiger partial charge is 0.462 e. The second kappa shape index (κ2) is 56.7. The zero-order chi connectivity index (χ0) is 48.6. The summed E-state index contributed by atoms with van der Waals surface area (Å²) in [7, 11) is 0. The molecule has 0 aromatic carbocycles. The first-order valence-corrected chi connectivity index (χ1v) is 30.2. The van der Waals surface area contributed by atoms with Crippen molar-refractivity contribution in [3.8, 4) is 0 Å². The Morgan fingerprint density at radius 1 is 0.284 bits per heavy atom. The van der Waals surface area contributed by atoms with Crippen LogP contribution in [0.2, 0.25) is 0 Å². The number of hydrogen-bond donors (Lipinski definition) is 0. The highest BCUT2D eigenvalue weighted by Crippen LogP contribution is 2.18. The van der Waals surface area contributed by atoms with Crippen LogP contribution >= 0.6 is 0 Å². The summed E-state index contributed by atoms with van der Waals surface area (Å²) < 4.78 is 16.9. The number of unbranched alkanes of at least 4 members (excludes halogenated alkanes) is 43. The Hall–Kier alpha value is -1.85. The second-order valence-electron chi connectivity index (χ2n) is 20.6. The fourth-order valence-corrected chi connectivity index (χ4v) is 9.21. The molecule has 0 aliphatic heterocycles. The van der Waals surface area contributed by atoms with Crippen LogP contribution in [0.1, 0.15) is 342 Å². The highest BCUT2D eigenvalue weighted by molar-refractivity contribution is 5.71. The zero-order valence-corrected chi connectivity index (χ0v) is 45.5. The smallest absolute Gasteiger partial charge is 0.306 e. The molecule has 0 N–H and O–H groups in total. The van der Waals surface area contributed by atoms with Gasteiger partial charge in [0.15, 0.2) is 6.10 Å². The first kappa shape index (κ1) is 65.1. The van der Waals surface area contributed by atoms with Gasteiger partial charge in [0.2, 0.25) is 0 Å². The Morgan fingerprint density at radius 2 is 0.493 bits per heavy atom. The molecule has 0 aliphatic carbocycles. The van der Waals surface area contributed by atoms with E-state index in [1.807, 2.05) is 0 Å². The van der Waals surface area contributed by atoms with E-state index in [-0.39, 0.29) is 31.1 Å². The normalized spacial score (nSPS) is 12.0. The summed E-state index contributed by atoms with van der Waals surface area (Å²) in [5.74, 6) is -0.858. The lowest BCUT2D eigenvalue weighted by Crippen LogP contribution is -2.30. The van der Waals surface area contributed by atoms with Gasteiger partial charge in [0.1, 0.15) is 13.2 Å². The van der Waals surface area contributed by atoms with Gasteiger partial charge < -0.3 is 14.2 Å². The molecule has 0 aromatic heterocycles. The molecule has 0 fully saturated rings. The van der Waals surface area contributed by atoms with Gasteiger partial charge in [-0.1, -0.05) is 290 Å². The quantitative estimate of drug-likeness (QED) is 0.0262. The van der Waals surface area contributed by atoms with Crippen LogP contribution in [0.4, 0.5) is 0 Å². The lowest BCUT2D eigenvalue weighted by Gasteiger charge is -2.18. The fraction of sp³-hybridized carbons (Fsp3) is 0.918. The molecule has 0 amide bonds. The summed E-state index contributed by atoms with van der Waals surface area (Å²) >= 11 is 0. The molecule has 1 atom stereocenters. The summed E-state index contributed by atoms with van der Waals surface area (Å²) in [5.41, 5.74) is 0. The number of hydrogen-bond acceptors (Lipinski definition) is 6. The number of ether oxygens (including phenoxy) is 3. The minimum absolute atomic E-state index is 0.0684. The van der Waals surface area contributed by atoms with Gasteiger partial charge in [-0.25, -0.2) is 0 Å². The van der Waals surface area contributed by atoms with Crippen LogP contribution in [0.3, 0.4) is 0 Å². The first-order valence-electron chi connectivity index (χ1n) is 30.2. The summed E-state index contributed by atoms with van der Waals surface area (Å²) in [6, 6.07) is 0. The van der Waals surface area contributed by atoms with Crippen molar-refractivity contribution in [2.24, 2.45) is 0 Å². The highest BCUT2D eigenvalue weighted by Gasteiger charge is 2.19. The average Bonchev–Trinajstić information content (AvgIpc) is 3.33. The van der Waals surface area contributed by atoms with Crippen molar-refractivity contribution >= 4 is 17.9 Å². The maximum Gasteiger partial charge on any atom is 0.306 e. The van der Waals surface area contributed by atoms with Crippen molar-refractivity contribution in [2.75, 3.05) is 13.2 Å². The van der Waals surface area contributed by atoms with Gasteiger partial charge in [0.25, 0.3) is 0 Å². The van der Waals surface area contributed by atoms with Crippen LogP contribution in [-0.2, 0) is 28.6 Å².